The lowest BCUT2D eigenvalue weighted by Gasteiger charge is -1.92. The van der Waals surface area contributed by atoms with Crippen molar-refractivity contribution in [3.63, 3.8) is 0 Å². The Morgan fingerprint density at radius 2 is 2.18 bits per heavy atom. The summed E-state index contributed by atoms with van der Waals surface area (Å²) in [5.74, 6) is 0.864. The molecule has 0 aromatic heterocycles. The largest absolute Gasteiger partial charge is 0.367 e. The Bertz CT molecular complexity index is 224. The van der Waals surface area contributed by atoms with E-state index in [2.05, 4.69) is 23.8 Å². The van der Waals surface area contributed by atoms with Gasteiger partial charge in [-0.1, -0.05) is 31.4 Å². The van der Waals surface area contributed by atoms with Gasteiger partial charge in [0.2, 0.25) is 0 Å². The molecule has 0 atom stereocenters. The van der Waals surface area contributed by atoms with Crippen LogP contribution in [0.5, 0.6) is 0 Å². The van der Waals surface area contributed by atoms with Crippen LogP contribution in [0.25, 0.3) is 0 Å². The average molecular weight is 148 g/mol. The molecule has 58 valence electrons. The van der Waals surface area contributed by atoms with Crippen LogP contribution in [-0.4, -0.2) is 6.54 Å². The molecule has 0 spiro atoms. The summed E-state index contributed by atoms with van der Waals surface area (Å²) in [5, 5.41) is 6.15. The minimum Gasteiger partial charge on any atom is -0.367 e. The van der Waals surface area contributed by atoms with E-state index in [4.69, 9.17) is 0 Å². The van der Waals surface area contributed by atoms with Crippen LogP contribution in [-0.2, 0) is 0 Å². The number of hydrogen-bond acceptors (Lipinski definition) is 2. The molecule has 1 fully saturated rings. The normalized spacial score (nSPS) is 20.4. The second-order valence-corrected chi connectivity index (χ2v) is 2.27. The minimum absolute atomic E-state index is 0.834. The minimum atomic E-state index is 0.834. The highest BCUT2D eigenvalue weighted by atomic mass is 15.2. The van der Waals surface area contributed by atoms with Gasteiger partial charge in [-0.15, -0.1) is 0 Å². The maximum Gasteiger partial charge on any atom is 0.0958 e. The Morgan fingerprint density at radius 3 is 2.73 bits per heavy atom. The summed E-state index contributed by atoms with van der Waals surface area (Å²) in [4.78, 5) is 0. The quantitative estimate of drug-likeness (QED) is 0.576. The molecule has 1 aliphatic rings. The molecule has 0 saturated carbocycles. The van der Waals surface area contributed by atoms with Gasteiger partial charge in [0.05, 0.1) is 12.4 Å². The van der Waals surface area contributed by atoms with E-state index in [-0.39, 0.29) is 0 Å². The van der Waals surface area contributed by atoms with Crippen molar-refractivity contribution >= 4 is 0 Å². The SMILES string of the molecule is C=C/C=C\C=C1/CNC(=C)N1. The third-order valence-corrected chi connectivity index (χ3v) is 1.35. The monoisotopic (exact) mass is 148 g/mol. The van der Waals surface area contributed by atoms with Crippen LogP contribution >= 0.6 is 0 Å². The fourth-order valence-electron chi connectivity index (χ4n) is 0.835. The van der Waals surface area contributed by atoms with Crippen LogP contribution < -0.4 is 10.6 Å². The van der Waals surface area contributed by atoms with Gasteiger partial charge in [0.15, 0.2) is 0 Å². The lowest BCUT2D eigenvalue weighted by molar-refractivity contribution is 0.962. The van der Waals surface area contributed by atoms with Crippen molar-refractivity contribution < 1.29 is 0 Å². The fourth-order valence-corrected chi connectivity index (χ4v) is 0.835. The van der Waals surface area contributed by atoms with Crippen molar-refractivity contribution in [1.29, 1.82) is 0 Å². The molecule has 2 nitrogen and oxygen atoms in total. The van der Waals surface area contributed by atoms with E-state index in [0.717, 1.165) is 18.1 Å². The van der Waals surface area contributed by atoms with Gasteiger partial charge in [-0.25, -0.2) is 0 Å². The summed E-state index contributed by atoms with van der Waals surface area (Å²) in [6.45, 7) is 8.13. The van der Waals surface area contributed by atoms with E-state index in [9.17, 15) is 0 Å². The van der Waals surface area contributed by atoms with E-state index in [0.29, 0.717) is 0 Å². The summed E-state index contributed by atoms with van der Waals surface area (Å²) in [5.41, 5.74) is 1.13. The first-order valence-corrected chi connectivity index (χ1v) is 3.51. The lowest BCUT2D eigenvalue weighted by Crippen LogP contribution is -2.06. The van der Waals surface area contributed by atoms with Crippen molar-refractivity contribution in [2.24, 2.45) is 0 Å². The second-order valence-electron chi connectivity index (χ2n) is 2.27. The van der Waals surface area contributed by atoms with Gasteiger partial charge in [0.1, 0.15) is 0 Å². The molecule has 11 heavy (non-hydrogen) atoms. The van der Waals surface area contributed by atoms with E-state index >= 15 is 0 Å². The molecule has 0 aliphatic carbocycles. The average Bonchev–Trinajstić information content (AvgIpc) is 2.37. The topological polar surface area (TPSA) is 24.1 Å². The molecule has 2 N–H and O–H groups in total. The van der Waals surface area contributed by atoms with Gasteiger partial charge in [0, 0.05) is 5.70 Å². The van der Waals surface area contributed by atoms with Crippen molar-refractivity contribution in [1.82, 2.24) is 10.6 Å². The molecule has 0 amide bonds. The molecule has 0 bridgehead atoms. The predicted molar refractivity (Wildman–Crippen MR) is 47.7 cm³/mol. The Morgan fingerprint density at radius 1 is 1.36 bits per heavy atom. The van der Waals surface area contributed by atoms with Crippen LogP contribution in [0.3, 0.4) is 0 Å². The molecule has 0 radical (unpaired) electrons. The fraction of sp³-hybridized carbons (Fsp3) is 0.111. The highest BCUT2D eigenvalue weighted by Crippen LogP contribution is 1.99. The molecule has 0 unspecified atom stereocenters. The van der Waals surface area contributed by atoms with E-state index < -0.39 is 0 Å². The highest BCUT2D eigenvalue weighted by molar-refractivity contribution is 5.22. The van der Waals surface area contributed by atoms with Crippen molar-refractivity contribution in [3.05, 3.63) is 49.0 Å². The third-order valence-electron chi connectivity index (χ3n) is 1.35. The van der Waals surface area contributed by atoms with Crippen molar-refractivity contribution in [3.8, 4) is 0 Å². The molecule has 1 saturated heterocycles. The molecule has 0 aromatic rings. The maximum absolute atomic E-state index is 3.73. The Balaban J connectivity index is 2.48. The van der Waals surface area contributed by atoms with Crippen molar-refractivity contribution in [2.75, 3.05) is 6.54 Å². The first-order chi connectivity index (χ1) is 5.33. The van der Waals surface area contributed by atoms with Gasteiger partial charge >= 0.3 is 0 Å². The first-order valence-electron chi connectivity index (χ1n) is 3.51. The van der Waals surface area contributed by atoms with Gasteiger partial charge in [-0.3, -0.25) is 0 Å². The van der Waals surface area contributed by atoms with Crippen LogP contribution in [0.1, 0.15) is 0 Å². The van der Waals surface area contributed by atoms with Crippen LogP contribution in [0, 0.1) is 0 Å². The summed E-state index contributed by atoms with van der Waals surface area (Å²) in [7, 11) is 0. The smallest absolute Gasteiger partial charge is 0.0958 e. The zero-order valence-corrected chi connectivity index (χ0v) is 6.43. The standard InChI is InChI=1S/C9H12N2/c1-3-4-5-6-9-7-10-8(2)11-9/h3-6,10-11H,1-2,7H2/b5-4-,9-6+. The lowest BCUT2D eigenvalue weighted by atomic mass is 10.4. The zero-order chi connectivity index (χ0) is 8.10. The molecular weight excluding hydrogens is 136 g/mol. The zero-order valence-electron chi connectivity index (χ0n) is 6.43. The molecule has 1 rings (SSSR count). The Hall–Kier alpha value is -1.44. The van der Waals surface area contributed by atoms with E-state index in [1.165, 1.54) is 0 Å². The second kappa shape index (κ2) is 3.66. The Kier molecular flexibility index (Phi) is 2.55. The number of nitrogens with one attached hydrogen (secondary N) is 2. The van der Waals surface area contributed by atoms with Crippen molar-refractivity contribution in [2.45, 2.75) is 0 Å². The summed E-state index contributed by atoms with van der Waals surface area (Å²) in [6, 6.07) is 0. The predicted octanol–water partition coefficient (Wildman–Crippen LogP) is 1.28. The molecule has 1 heterocycles. The third kappa shape index (κ3) is 2.34. The highest BCUT2D eigenvalue weighted by Gasteiger charge is 2.04. The maximum atomic E-state index is 3.73. The molecule has 1 aliphatic heterocycles. The van der Waals surface area contributed by atoms with Crippen LogP contribution in [0.4, 0.5) is 0 Å². The van der Waals surface area contributed by atoms with Crippen LogP contribution in [0.15, 0.2) is 49.0 Å². The first kappa shape index (κ1) is 7.66. The van der Waals surface area contributed by atoms with Gasteiger partial charge in [-0.2, -0.15) is 0 Å². The molecular formula is C9H12N2. The van der Waals surface area contributed by atoms with Gasteiger partial charge in [-0.05, 0) is 6.08 Å². The molecule has 0 aromatic carbocycles. The summed E-state index contributed by atoms with van der Waals surface area (Å²) in [6.07, 6.45) is 7.56. The summed E-state index contributed by atoms with van der Waals surface area (Å²) < 4.78 is 0. The van der Waals surface area contributed by atoms with Crippen LogP contribution in [0.2, 0.25) is 0 Å². The molecule has 2 heteroatoms. The van der Waals surface area contributed by atoms with E-state index in [1.807, 2.05) is 18.2 Å². The van der Waals surface area contributed by atoms with Gasteiger partial charge < -0.3 is 10.6 Å². The van der Waals surface area contributed by atoms with Gasteiger partial charge in [0.25, 0.3) is 0 Å². The Labute approximate surface area is 67.0 Å². The number of allylic oxidation sites excluding steroid dienone is 4. The summed E-state index contributed by atoms with van der Waals surface area (Å²) >= 11 is 0. The van der Waals surface area contributed by atoms with E-state index in [1.54, 1.807) is 6.08 Å². The number of rotatable bonds is 2. The number of hydrogen-bond donors (Lipinski definition) is 2.